The van der Waals surface area contributed by atoms with Gasteiger partial charge in [0.1, 0.15) is 0 Å². The first-order valence-electron chi connectivity index (χ1n) is 4.44. The van der Waals surface area contributed by atoms with Crippen LogP contribution in [-0.4, -0.2) is 24.2 Å². The van der Waals surface area contributed by atoms with Crippen LogP contribution < -0.4 is 0 Å². The fourth-order valence-electron chi connectivity index (χ4n) is 1.19. The molecule has 1 aromatic heterocycles. The highest BCUT2D eigenvalue weighted by Gasteiger charge is 2.30. The van der Waals surface area contributed by atoms with E-state index in [-0.39, 0.29) is 0 Å². The van der Waals surface area contributed by atoms with Crippen LogP contribution in [0.15, 0.2) is 15.9 Å². The van der Waals surface area contributed by atoms with E-state index in [1.165, 1.54) is 16.2 Å². The SMILES string of the molecule is CCN(Cc1ccc(Br)s1)CC(F)(F)F. The zero-order valence-corrected chi connectivity index (χ0v) is 10.5. The minimum atomic E-state index is -4.12. The van der Waals surface area contributed by atoms with Gasteiger partial charge in [-0.25, -0.2) is 0 Å². The lowest BCUT2D eigenvalue weighted by Crippen LogP contribution is -2.33. The molecular formula is C9H11BrF3NS. The van der Waals surface area contributed by atoms with Crippen molar-refractivity contribution >= 4 is 27.3 Å². The summed E-state index contributed by atoms with van der Waals surface area (Å²) in [5.41, 5.74) is 0. The summed E-state index contributed by atoms with van der Waals surface area (Å²) in [4.78, 5) is 2.31. The number of rotatable bonds is 4. The topological polar surface area (TPSA) is 3.24 Å². The number of thiophene rings is 1. The van der Waals surface area contributed by atoms with E-state index in [1.807, 2.05) is 12.1 Å². The van der Waals surface area contributed by atoms with Gasteiger partial charge in [0, 0.05) is 11.4 Å². The number of halogens is 4. The second-order valence-corrected chi connectivity index (χ2v) is 5.67. The van der Waals surface area contributed by atoms with Crippen molar-refractivity contribution < 1.29 is 13.2 Å². The van der Waals surface area contributed by atoms with Crippen LogP contribution in [0.1, 0.15) is 11.8 Å². The second-order valence-electron chi connectivity index (χ2n) is 3.12. The largest absolute Gasteiger partial charge is 0.401 e. The molecule has 0 saturated carbocycles. The molecule has 15 heavy (non-hydrogen) atoms. The standard InChI is InChI=1S/C9H11BrF3NS/c1-2-14(6-9(11,12)13)5-7-3-4-8(10)15-7/h3-4H,2,5-6H2,1H3. The molecule has 0 aliphatic heterocycles. The summed E-state index contributed by atoms with van der Waals surface area (Å²) in [6.45, 7) is 1.63. The molecule has 0 spiro atoms. The fraction of sp³-hybridized carbons (Fsp3) is 0.556. The monoisotopic (exact) mass is 301 g/mol. The quantitative estimate of drug-likeness (QED) is 0.815. The van der Waals surface area contributed by atoms with E-state index in [1.54, 1.807) is 6.92 Å². The number of hydrogen-bond acceptors (Lipinski definition) is 2. The summed E-state index contributed by atoms with van der Waals surface area (Å²) in [5, 5.41) is 0. The highest BCUT2D eigenvalue weighted by atomic mass is 79.9. The van der Waals surface area contributed by atoms with Gasteiger partial charge in [0.15, 0.2) is 0 Å². The Balaban J connectivity index is 2.54. The molecule has 0 aromatic carbocycles. The Morgan fingerprint density at radius 2 is 2.07 bits per heavy atom. The number of alkyl halides is 3. The second kappa shape index (κ2) is 5.32. The number of hydrogen-bond donors (Lipinski definition) is 0. The van der Waals surface area contributed by atoms with E-state index in [4.69, 9.17) is 0 Å². The van der Waals surface area contributed by atoms with Gasteiger partial charge in [-0.15, -0.1) is 11.3 Å². The van der Waals surface area contributed by atoms with Gasteiger partial charge in [-0.05, 0) is 34.6 Å². The third-order valence-corrected chi connectivity index (χ3v) is 3.47. The smallest absolute Gasteiger partial charge is 0.290 e. The van der Waals surface area contributed by atoms with Gasteiger partial charge < -0.3 is 0 Å². The summed E-state index contributed by atoms with van der Waals surface area (Å²) in [7, 11) is 0. The van der Waals surface area contributed by atoms with E-state index < -0.39 is 12.7 Å². The first-order valence-corrected chi connectivity index (χ1v) is 6.05. The van der Waals surface area contributed by atoms with Crippen molar-refractivity contribution in [3.8, 4) is 0 Å². The van der Waals surface area contributed by atoms with E-state index in [0.29, 0.717) is 13.1 Å². The molecule has 0 atom stereocenters. The van der Waals surface area contributed by atoms with Crippen molar-refractivity contribution in [3.63, 3.8) is 0 Å². The van der Waals surface area contributed by atoms with E-state index in [0.717, 1.165) is 8.66 Å². The zero-order chi connectivity index (χ0) is 11.5. The highest BCUT2D eigenvalue weighted by Crippen LogP contribution is 2.24. The Bertz CT molecular complexity index is 311. The summed E-state index contributed by atoms with van der Waals surface area (Å²) in [5.74, 6) is 0. The van der Waals surface area contributed by atoms with Crippen molar-refractivity contribution in [2.75, 3.05) is 13.1 Å². The van der Waals surface area contributed by atoms with Crippen molar-refractivity contribution in [1.82, 2.24) is 4.90 Å². The summed E-state index contributed by atoms with van der Waals surface area (Å²) in [6.07, 6.45) is -4.12. The van der Waals surface area contributed by atoms with Crippen LogP contribution in [-0.2, 0) is 6.54 Å². The van der Waals surface area contributed by atoms with E-state index in [9.17, 15) is 13.2 Å². The van der Waals surface area contributed by atoms with Gasteiger partial charge in [-0.2, -0.15) is 13.2 Å². The molecule has 0 saturated heterocycles. The molecule has 1 nitrogen and oxygen atoms in total. The van der Waals surface area contributed by atoms with Crippen LogP contribution in [0.3, 0.4) is 0 Å². The van der Waals surface area contributed by atoms with E-state index in [2.05, 4.69) is 15.9 Å². The molecule has 0 bridgehead atoms. The van der Waals surface area contributed by atoms with Crippen LogP contribution in [0.25, 0.3) is 0 Å². The average molecular weight is 302 g/mol. The lowest BCUT2D eigenvalue weighted by atomic mass is 10.4. The summed E-state index contributed by atoms with van der Waals surface area (Å²) < 4.78 is 37.4. The van der Waals surface area contributed by atoms with Gasteiger partial charge in [0.2, 0.25) is 0 Å². The lowest BCUT2D eigenvalue weighted by molar-refractivity contribution is -0.146. The Morgan fingerprint density at radius 3 is 2.47 bits per heavy atom. The maximum Gasteiger partial charge on any atom is 0.401 e. The van der Waals surface area contributed by atoms with Gasteiger partial charge >= 0.3 is 6.18 Å². The van der Waals surface area contributed by atoms with Crippen molar-refractivity contribution in [3.05, 3.63) is 20.8 Å². The Kier molecular flexibility index (Phi) is 4.61. The van der Waals surface area contributed by atoms with Crippen molar-refractivity contribution in [1.29, 1.82) is 0 Å². The molecule has 0 unspecified atom stereocenters. The molecule has 0 N–H and O–H groups in total. The van der Waals surface area contributed by atoms with Gasteiger partial charge in [-0.3, -0.25) is 4.90 Å². The van der Waals surface area contributed by atoms with Gasteiger partial charge in [-0.1, -0.05) is 6.92 Å². The molecule has 86 valence electrons. The maximum absolute atomic E-state index is 12.2. The minimum absolute atomic E-state index is 0.353. The predicted molar refractivity (Wildman–Crippen MR) is 59.0 cm³/mol. The Labute approximate surface area is 99.0 Å². The third-order valence-electron chi connectivity index (χ3n) is 1.86. The number of nitrogens with zero attached hydrogens (tertiary/aromatic N) is 1. The van der Waals surface area contributed by atoms with Gasteiger partial charge in [0.05, 0.1) is 10.3 Å². The lowest BCUT2D eigenvalue weighted by Gasteiger charge is -2.20. The molecule has 1 heterocycles. The first kappa shape index (κ1) is 13.0. The van der Waals surface area contributed by atoms with Crippen LogP contribution in [0, 0.1) is 0 Å². The fourth-order valence-corrected chi connectivity index (χ4v) is 2.72. The average Bonchev–Trinajstić information content (AvgIpc) is 2.47. The molecule has 1 aromatic rings. The van der Waals surface area contributed by atoms with Crippen LogP contribution in [0.5, 0.6) is 0 Å². The van der Waals surface area contributed by atoms with E-state index >= 15 is 0 Å². The molecule has 0 fully saturated rings. The Hall–Kier alpha value is -0.0700. The van der Waals surface area contributed by atoms with Crippen molar-refractivity contribution in [2.24, 2.45) is 0 Å². The zero-order valence-electron chi connectivity index (χ0n) is 8.14. The summed E-state index contributed by atoms with van der Waals surface area (Å²) >= 11 is 4.75. The maximum atomic E-state index is 12.2. The van der Waals surface area contributed by atoms with Crippen LogP contribution in [0.4, 0.5) is 13.2 Å². The highest BCUT2D eigenvalue weighted by molar-refractivity contribution is 9.11. The van der Waals surface area contributed by atoms with Crippen LogP contribution in [0.2, 0.25) is 0 Å². The molecule has 0 aliphatic carbocycles. The molecular weight excluding hydrogens is 291 g/mol. The first-order chi connectivity index (χ1) is 6.90. The molecule has 0 amide bonds. The minimum Gasteiger partial charge on any atom is -0.290 e. The van der Waals surface area contributed by atoms with Crippen LogP contribution >= 0.6 is 27.3 Å². The van der Waals surface area contributed by atoms with Crippen molar-refractivity contribution in [2.45, 2.75) is 19.6 Å². The Morgan fingerprint density at radius 1 is 1.40 bits per heavy atom. The predicted octanol–water partition coefficient (Wildman–Crippen LogP) is 3.89. The molecule has 1 rings (SSSR count). The normalized spacial score (nSPS) is 12.4. The molecule has 0 radical (unpaired) electrons. The van der Waals surface area contributed by atoms with Gasteiger partial charge in [0.25, 0.3) is 0 Å². The third kappa shape index (κ3) is 4.99. The summed E-state index contributed by atoms with van der Waals surface area (Å²) in [6, 6.07) is 3.69. The molecule has 0 aliphatic rings. The molecule has 6 heteroatoms.